The number of aromatic hydroxyl groups is 1. The van der Waals surface area contributed by atoms with Crippen LogP contribution < -0.4 is 21.5 Å². The topological polar surface area (TPSA) is 236 Å². The summed E-state index contributed by atoms with van der Waals surface area (Å²) in [6, 6.07) is 26.7. The Morgan fingerprint density at radius 2 is 1.44 bits per heavy atom. The molecule has 16 heteroatoms. The minimum absolute atomic E-state index is 0.00404. The molecular weight excluding hydrogens is 753 g/mol. The van der Waals surface area contributed by atoms with E-state index < -0.39 is 57.6 Å². The lowest BCUT2D eigenvalue weighted by atomic mass is 9.83. The third-order valence-corrected chi connectivity index (χ3v) is 10.8. The molecule has 1 aliphatic heterocycles. The fourth-order valence-corrected chi connectivity index (χ4v) is 7.81. The van der Waals surface area contributed by atoms with Crippen LogP contribution in [-0.4, -0.2) is 72.2 Å². The summed E-state index contributed by atoms with van der Waals surface area (Å²) in [4.78, 5) is 43.0. The zero-order valence-electron chi connectivity index (χ0n) is 31.5. The number of ether oxygens (including phenoxy) is 2. The number of guanidine groups is 1. The maximum atomic E-state index is 14.6. The van der Waals surface area contributed by atoms with Gasteiger partial charge in [-0.15, -0.1) is 5.10 Å². The van der Waals surface area contributed by atoms with E-state index in [0.717, 1.165) is 6.42 Å². The highest BCUT2D eigenvalue weighted by Gasteiger charge is 2.58. The van der Waals surface area contributed by atoms with Crippen molar-refractivity contribution >= 4 is 39.5 Å². The fraction of sp³-hybridized carbons (Fsp3) is 0.317. The molecule has 1 saturated heterocycles. The van der Waals surface area contributed by atoms with Crippen LogP contribution in [0.2, 0.25) is 0 Å². The molecule has 1 amide bonds. The Labute approximate surface area is 331 Å². The molecule has 15 nitrogen and oxygen atoms in total. The minimum atomic E-state index is -4.02. The molecule has 5 rings (SSSR count). The van der Waals surface area contributed by atoms with E-state index in [0.29, 0.717) is 46.8 Å². The number of esters is 2. The van der Waals surface area contributed by atoms with Crippen molar-refractivity contribution in [2.24, 2.45) is 22.5 Å². The van der Waals surface area contributed by atoms with E-state index in [1.54, 1.807) is 97.9 Å². The molecule has 0 aliphatic carbocycles. The number of nitrogens with zero attached hydrogens (tertiary/aromatic N) is 2. The van der Waals surface area contributed by atoms with Gasteiger partial charge in [-0.2, -0.15) is 0 Å². The van der Waals surface area contributed by atoms with Crippen LogP contribution in [0.4, 0.5) is 5.69 Å². The highest BCUT2D eigenvalue weighted by Crippen LogP contribution is 2.35. The van der Waals surface area contributed by atoms with Gasteiger partial charge in [-0.1, -0.05) is 97.1 Å². The van der Waals surface area contributed by atoms with E-state index in [9.17, 15) is 33.0 Å². The lowest BCUT2D eigenvalue weighted by molar-refractivity contribution is -0.195. The minimum Gasteiger partial charge on any atom is -0.505 e. The third kappa shape index (κ3) is 11.3. The number of aryl methyl sites for hydroxylation is 1. The highest BCUT2D eigenvalue weighted by molar-refractivity contribution is 7.91. The predicted molar refractivity (Wildman–Crippen MR) is 213 cm³/mol. The van der Waals surface area contributed by atoms with Gasteiger partial charge in [-0.25, -0.2) is 23.0 Å². The second-order valence-corrected chi connectivity index (χ2v) is 15.6. The fourth-order valence-electron chi connectivity index (χ4n) is 6.61. The van der Waals surface area contributed by atoms with Crippen molar-refractivity contribution in [2.45, 2.75) is 63.2 Å². The summed E-state index contributed by atoms with van der Waals surface area (Å²) in [6.07, 6.45) is 0.503. The quantitative estimate of drug-likeness (QED) is 0.0226. The smallest absolute Gasteiger partial charge is 0.352 e. The molecule has 8 N–H and O–H groups in total. The van der Waals surface area contributed by atoms with Gasteiger partial charge in [0.15, 0.2) is 0 Å². The van der Waals surface area contributed by atoms with Crippen molar-refractivity contribution in [2.75, 3.05) is 17.8 Å². The van der Waals surface area contributed by atoms with Crippen LogP contribution in [0.15, 0.2) is 108 Å². The van der Waals surface area contributed by atoms with Crippen molar-refractivity contribution in [3.8, 4) is 5.75 Å². The number of hydrazone groups is 1. The molecule has 1 fully saturated rings. The van der Waals surface area contributed by atoms with Crippen LogP contribution >= 0.6 is 0 Å². The lowest BCUT2D eigenvalue weighted by Gasteiger charge is -2.39. The summed E-state index contributed by atoms with van der Waals surface area (Å²) < 4.78 is 39.8. The third-order valence-electron chi connectivity index (χ3n) is 9.57. The van der Waals surface area contributed by atoms with Crippen molar-refractivity contribution in [3.63, 3.8) is 0 Å². The Morgan fingerprint density at radius 3 is 1.95 bits per heavy atom. The van der Waals surface area contributed by atoms with Gasteiger partial charge in [0.1, 0.15) is 25.0 Å². The highest BCUT2D eigenvalue weighted by atomic mass is 32.2. The Bertz CT molecular complexity index is 2070. The second-order valence-electron chi connectivity index (χ2n) is 13.9. The second kappa shape index (κ2) is 19.3. The molecule has 0 aromatic heterocycles. The lowest BCUT2D eigenvalue weighted by Crippen LogP contribution is -2.64. The summed E-state index contributed by atoms with van der Waals surface area (Å²) in [5.74, 6) is -5.63. The van der Waals surface area contributed by atoms with E-state index in [1.807, 2.05) is 0 Å². The largest absolute Gasteiger partial charge is 0.505 e. The van der Waals surface area contributed by atoms with E-state index in [4.69, 9.17) is 20.9 Å². The number of benzene rings is 4. The summed E-state index contributed by atoms with van der Waals surface area (Å²) in [6.45, 7) is 2.06. The number of nitrogens with one attached hydrogen (secondary N) is 2. The number of aliphatic hydroxyl groups is 1. The molecule has 0 spiro atoms. The van der Waals surface area contributed by atoms with E-state index in [1.165, 1.54) is 12.1 Å². The molecule has 0 bridgehead atoms. The molecule has 0 unspecified atom stereocenters. The number of hydrogen-bond donors (Lipinski definition) is 6. The number of sulfonamides is 1. The Balaban J connectivity index is 1.53. The van der Waals surface area contributed by atoms with Gasteiger partial charge < -0.3 is 36.5 Å². The van der Waals surface area contributed by atoms with Crippen LogP contribution in [0.1, 0.15) is 47.1 Å². The molecule has 1 aliphatic rings. The van der Waals surface area contributed by atoms with Gasteiger partial charge in [-0.05, 0) is 73.5 Å². The van der Waals surface area contributed by atoms with Crippen LogP contribution in [0.3, 0.4) is 0 Å². The summed E-state index contributed by atoms with van der Waals surface area (Å²) in [5, 5.41) is 32.0. The van der Waals surface area contributed by atoms with Crippen molar-refractivity contribution in [1.29, 1.82) is 0 Å². The average Bonchev–Trinajstić information content (AvgIpc) is 3.20. The van der Waals surface area contributed by atoms with Crippen LogP contribution in [-0.2, 0) is 59.3 Å². The van der Waals surface area contributed by atoms with Crippen molar-refractivity contribution < 1.29 is 42.5 Å². The molecule has 57 heavy (non-hydrogen) atoms. The molecule has 0 radical (unpaired) electrons. The number of hydrogen-bond acceptors (Lipinski definition) is 11. The zero-order chi connectivity index (χ0) is 41.0. The monoisotopic (exact) mass is 800 g/mol. The average molecular weight is 801 g/mol. The number of phenolic OH excluding ortho intramolecular Hbond substituents is 1. The van der Waals surface area contributed by atoms with Crippen molar-refractivity contribution in [3.05, 3.63) is 131 Å². The number of phenols is 1. The first kappa shape index (κ1) is 42.2. The summed E-state index contributed by atoms with van der Waals surface area (Å²) in [5.41, 5.74) is 10.4. The van der Waals surface area contributed by atoms with E-state index in [-0.39, 0.29) is 42.6 Å². The molecular formula is C41H48N6O9S. The number of rotatable bonds is 17. The summed E-state index contributed by atoms with van der Waals surface area (Å²) >= 11 is 0. The number of amides is 1. The number of piperidine rings is 1. The molecule has 1 heterocycles. The number of nitrogens with two attached hydrogens (primary N) is 2. The number of carbonyl (C=O) groups is 3. The standard InChI is InChI=1S/C41H48N6O9S/c1-28-19-20-34(46-57(53,54)27-31-16-9-4-10-17-31)37(49)33(28)23-36(48)47(45-40(42)43)35(22-32-18-11-21-44-24-32)41(52,38(50)55-25-29-12-5-2-6-13-29)39(51)56-26-30-14-7-3-8-15-30/h2-10,12-17,19-20,32,35,44,46,49,52H,11,18,21-27H2,1H3,(H4,42,43,45)/t32-,35+/m0/s1. The first-order valence-corrected chi connectivity index (χ1v) is 20.0. The number of anilines is 1. The van der Waals surface area contributed by atoms with Crippen molar-refractivity contribution in [1.82, 2.24) is 10.3 Å². The molecule has 4 aromatic rings. The molecule has 4 aromatic carbocycles. The molecule has 0 saturated carbocycles. The maximum absolute atomic E-state index is 14.6. The van der Waals surface area contributed by atoms with Gasteiger partial charge in [0.25, 0.3) is 5.60 Å². The van der Waals surface area contributed by atoms with Gasteiger partial charge in [0.05, 0.1) is 17.9 Å². The summed E-state index contributed by atoms with van der Waals surface area (Å²) in [7, 11) is -4.02. The first-order chi connectivity index (χ1) is 27.3. The molecule has 2 atom stereocenters. The van der Waals surface area contributed by atoms with Crippen LogP contribution in [0.25, 0.3) is 0 Å². The van der Waals surface area contributed by atoms with Crippen LogP contribution in [0.5, 0.6) is 5.75 Å². The van der Waals surface area contributed by atoms with Gasteiger partial charge >= 0.3 is 11.9 Å². The zero-order valence-corrected chi connectivity index (χ0v) is 32.4. The SMILES string of the molecule is Cc1ccc(NS(=O)(=O)Cc2ccccc2)c(O)c1CC(=O)N(N=C(N)N)[C@H](C[C@@H]1CCCNC1)C(O)(C(=O)OCc1ccccc1)C(=O)OCc1ccccc1. The van der Waals surface area contributed by atoms with E-state index in [2.05, 4.69) is 15.1 Å². The Morgan fingerprint density at radius 1 is 0.895 bits per heavy atom. The Hall–Kier alpha value is -5.97. The van der Waals surface area contributed by atoms with Gasteiger partial charge in [-0.3, -0.25) is 9.52 Å². The first-order valence-electron chi connectivity index (χ1n) is 18.4. The predicted octanol–water partition coefficient (Wildman–Crippen LogP) is 3.18. The maximum Gasteiger partial charge on any atom is 0.352 e. The van der Waals surface area contributed by atoms with Gasteiger partial charge in [0.2, 0.25) is 21.9 Å². The van der Waals surface area contributed by atoms with Crippen LogP contribution in [0, 0.1) is 12.8 Å². The number of carbonyl (C=O) groups excluding carboxylic acids is 3. The normalized spacial score (nSPS) is 14.8. The van der Waals surface area contributed by atoms with Gasteiger partial charge in [0, 0.05) is 5.56 Å². The van der Waals surface area contributed by atoms with E-state index >= 15 is 0 Å². The Kier molecular flexibility index (Phi) is 14.2. The molecule has 302 valence electrons.